The predicted octanol–water partition coefficient (Wildman–Crippen LogP) is 4.62. The van der Waals surface area contributed by atoms with E-state index in [9.17, 15) is 0 Å². The van der Waals surface area contributed by atoms with Gasteiger partial charge in [-0.3, -0.25) is 0 Å². The number of hydrogen-bond acceptors (Lipinski definition) is 1. The van der Waals surface area contributed by atoms with Crippen LogP contribution in [0.1, 0.15) is 73.6 Å². The van der Waals surface area contributed by atoms with E-state index in [0.717, 1.165) is 5.92 Å². The van der Waals surface area contributed by atoms with E-state index in [1.165, 1.54) is 38.6 Å². The Morgan fingerprint density at radius 3 is 1.93 bits per heavy atom. The van der Waals surface area contributed by atoms with Gasteiger partial charge in [0.25, 0.3) is 0 Å². The Kier molecular flexibility index (Phi) is 16.2. The van der Waals surface area contributed by atoms with Gasteiger partial charge in [0.15, 0.2) is 0 Å². The molecule has 1 nitrogen and oxygen atoms in total. The first-order chi connectivity index (χ1) is 7.20. The lowest BCUT2D eigenvalue weighted by Crippen LogP contribution is -2.28. The lowest BCUT2D eigenvalue weighted by atomic mass is 9.97. The molecule has 0 saturated heterocycles. The van der Waals surface area contributed by atoms with Gasteiger partial charge in [-0.05, 0) is 25.3 Å². The van der Waals surface area contributed by atoms with Gasteiger partial charge < -0.3 is 5.32 Å². The summed E-state index contributed by atoms with van der Waals surface area (Å²) < 4.78 is 0. The molecule has 0 saturated carbocycles. The maximum absolute atomic E-state index is 3.54. The van der Waals surface area contributed by atoms with Crippen molar-refractivity contribution in [2.75, 3.05) is 6.54 Å². The third kappa shape index (κ3) is 14.0. The van der Waals surface area contributed by atoms with Crippen LogP contribution in [0.3, 0.4) is 0 Å². The molecule has 1 N–H and O–H groups in total. The van der Waals surface area contributed by atoms with Crippen LogP contribution < -0.4 is 5.32 Å². The second-order valence-electron chi connectivity index (χ2n) is 4.36. The average molecular weight is 215 g/mol. The van der Waals surface area contributed by atoms with E-state index in [0.29, 0.717) is 6.04 Å². The van der Waals surface area contributed by atoms with Gasteiger partial charge in [-0.2, -0.15) is 0 Å². The van der Waals surface area contributed by atoms with Crippen LogP contribution in [0, 0.1) is 5.92 Å². The quantitative estimate of drug-likeness (QED) is 0.623. The van der Waals surface area contributed by atoms with Crippen molar-refractivity contribution in [3.8, 4) is 0 Å². The summed E-state index contributed by atoms with van der Waals surface area (Å²) in [4.78, 5) is 0. The second kappa shape index (κ2) is 14.0. The van der Waals surface area contributed by atoms with Gasteiger partial charge in [0.2, 0.25) is 0 Å². The molecule has 0 aromatic carbocycles. The maximum Gasteiger partial charge on any atom is 0.00104 e. The summed E-state index contributed by atoms with van der Waals surface area (Å²) in [5, 5.41) is 3.54. The molecule has 0 bridgehead atoms. The van der Waals surface area contributed by atoms with E-state index >= 15 is 0 Å². The number of rotatable bonds is 8. The Morgan fingerprint density at radius 2 is 1.53 bits per heavy atom. The summed E-state index contributed by atoms with van der Waals surface area (Å²) in [6.07, 6.45) is 6.85. The monoisotopic (exact) mass is 215 g/mol. The van der Waals surface area contributed by atoms with E-state index in [2.05, 4.69) is 33.0 Å². The predicted molar refractivity (Wildman–Crippen MR) is 72.4 cm³/mol. The van der Waals surface area contributed by atoms with Crippen molar-refractivity contribution in [2.24, 2.45) is 5.92 Å². The van der Waals surface area contributed by atoms with Crippen molar-refractivity contribution >= 4 is 0 Å². The molecule has 1 heteroatoms. The molecule has 94 valence electrons. The minimum Gasteiger partial charge on any atom is -0.314 e. The molecule has 1 unspecified atom stereocenters. The van der Waals surface area contributed by atoms with Gasteiger partial charge in [-0.15, -0.1) is 0 Å². The van der Waals surface area contributed by atoms with Crippen molar-refractivity contribution in [3.05, 3.63) is 0 Å². The Hall–Kier alpha value is -0.0400. The molecule has 1 atom stereocenters. The highest BCUT2D eigenvalue weighted by Gasteiger charge is 2.06. The lowest BCUT2D eigenvalue weighted by Gasteiger charge is -2.18. The maximum atomic E-state index is 3.54. The van der Waals surface area contributed by atoms with Crippen LogP contribution in [-0.4, -0.2) is 12.6 Å². The van der Waals surface area contributed by atoms with E-state index < -0.39 is 0 Å². The normalized spacial score (nSPS) is 12.2. The molecule has 0 aromatic rings. The fourth-order valence-corrected chi connectivity index (χ4v) is 1.65. The first-order valence-electron chi connectivity index (χ1n) is 6.94. The molecular weight excluding hydrogens is 182 g/mol. The third-order valence-electron chi connectivity index (χ3n) is 2.48. The molecule has 0 aliphatic heterocycles. The topological polar surface area (TPSA) is 12.0 Å². The minimum atomic E-state index is 0.640. The second-order valence-corrected chi connectivity index (χ2v) is 4.36. The highest BCUT2D eigenvalue weighted by atomic mass is 14.9. The molecule has 0 spiro atoms. The summed E-state index contributed by atoms with van der Waals surface area (Å²) in [7, 11) is 0. The summed E-state index contributed by atoms with van der Waals surface area (Å²) in [6, 6.07) is 0.640. The molecule has 15 heavy (non-hydrogen) atoms. The van der Waals surface area contributed by atoms with Crippen LogP contribution in [0.25, 0.3) is 0 Å². The van der Waals surface area contributed by atoms with Crippen molar-refractivity contribution in [3.63, 3.8) is 0 Å². The van der Waals surface area contributed by atoms with Gasteiger partial charge >= 0.3 is 0 Å². The molecule has 0 aromatic heterocycles. The van der Waals surface area contributed by atoms with Gasteiger partial charge in [0.05, 0.1) is 0 Å². The Bertz CT molecular complexity index is 99.5. The highest BCUT2D eigenvalue weighted by Crippen LogP contribution is 2.13. The lowest BCUT2D eigenvalue weighted by molar-refractivity contribution is 0.387. The van der Waals surface area contributed by atoms with Crippen molar-refractivity contribution in [2.45, 2.75) is 79.7 Å². The highest BCUT2D eigenvalue weighted by molar-refractivity contribution is 4.64. The zero-order valence-corrected chi connectivity index (χ0v) is 11.9. The third-order valence-corrected chi connectivity index (χ3v) is 2.48. The first kappa shape index (κ1) is 17.4. The van der Waals surface area contributed by atoms with E-state index in [-0.39, 0.29) is 0 Å². The van der Waals surface area contributed by atoms with Crippen molar-refractivity contribution < 1.29 is 0 Å². The van der Waals surface area contributed by atoms with Crippen LogP contribution in [0.5, 0.6) is 0 Å². The molecule has 0 heterocycles. The van der Waals surface area contributed by atoms with Crippen LogP contribution in [0.15, 0.2) is 0 Å². The standard InChI is InChI=1S/C12H27N.C2H6/c1-5-7-9-12(8-6-2)10-13-11(3)4;1-2/h11-13H,5-10H2,1-4H3;1-2H3. The summed E-state index contributed by atoms with van der Waals surface area (Å²) in [5.41, 5.74) is 0. The zero-order chi connectivity index (χ0) is 12.1. The van der Waals surface area contributed by atoms with Gasteiger partial charge in [-0.1, -0.05) is 60.8 Å². The van der Waals surface area contributed by atoms with Crippen LogP contribution in [0.2, 0.25) is 0 Å². The van der Waals surface area contributed by atoms with Crippen LogP contribution in [-0.2, 0) is 0 Å². The van der Waals surface area contributed by atoms with E-state index in [4.69, 9.17) is 0 Å². The molecule has 0 amide bonds. The van der Waals surface area contributed by atoms with E-state index in [1.807, 2.05) is 13.8 Å². The average Bonchev–Trinajstić information content (AvgIpc) is 2.25. The number of unbranched alkanes of at least 4 members (excludes halogenated alkanes) is 1. The smallest absolute Gasteiger partial charge is 0.00104 e. The van der Waals surface area contributed by atoms with Gasteiger partial charge in [0, 0.05) is 6.04 Å². The Labute approximate surface area is 98.0 Å². The van der Waals surface area contributed by atoms with Crippen molar-refractivity contribution in [1.82, 2.24) is 5.32 Å². The van der Waals surface area contributed by atoms with Crippen LogP contribution >= 0.6 is 0 Å². The molecule has 0 aliphatic carbocycles. The molecular formula is C14H33N. The number of hydrogen-bond donors (Lipinski definition) is 1. The Morgan fingerprint density at radius 1 is 0.933 bits per heavy atom. The van der Waals surface area contributed by atoms with E-state index in [1.54, 1.807) is 0 Å². The Balaban J connectivity index is 0. The molecule has 0 rings (SSSR count). The molecule has 0 radical (unpaired) electrons. The van der Waals surface area contributed by atoms with Crippen LogP contribution in [0.4, 0.5) is 0 Å². The molecule has 0 fully saturated rings. The SMILES string of the molecule is CC.CCCCC(CCC)CNC(C)C. The largest absolute Gasteiger partial charge is 0.314 e. The van der Waals surface area contributed by atoms with Gasteiger partial charge in [-0.25, -0.2) is 0 Å². The summed E-state index contributed by atoms with van der Waals surface area (Å²) in [5.74, 6) is 0.910. The fourth-order valence-electron chi connectivity index (χ4n) is 1.65. The van der Waals surface area contributed by atoms with Crippen molar-refractivity contribution in [1.29, 1.82) is 0 Å². The van der Waals surface area contributed by atoms with Gasteiger partial charge in [0.1, 0.15) is 0 Å². The zero-order valence-electron chi connectivity index (χ0n) is 11.9. The molecule has 0 aliphatic rings. The summed E-state index contributed by atoms with van der Waals surface area (Å²) in [6.45, 7) is 14.2. The fraction of sp³-hybridized carbons (Fsp3) is 1.00. The number of nitrogens with one attached hydrogen (secondary N) is 1. The first-order valence-corrected chi connectivity index (χ1v) is 6.94. The minimum absolute atomic E-state index is 0.640. The summed E-state index contributed by atoms with van der Waals surface area (Å²) >= 11 is 0.